The molecular formula is C20H24ClN5O2S. The van der Waals surface area contributed by atoms with Crippen LogP contribution in [0.25, 0.3) is 10.8 Å². The van der Waals surface area contributed by atoms with Gasteiger partial charge in [0.1, 0.15) is 11.6 Å². The molecule has 0 amide bonds. The Hall–Kier alpha value is -2.00. The van der Waals surface area contributed by atoms with Crippen LogP contribution in [0.4, 0.5) is 0 Å². The molecule has 0 spiro atoms. The predicted octanol–water partition coefficient (Wildman–Crippen LogP) is 2.52. The van der Waals surface area contributed by atoms with E-state index in [-0.39, 0.29) is 18.3 Å². The summed E-state index contributed by atoms with van der Waals surface area (Å²) < 4.78 is 30.5. The Bertz CT molecular complexity index is 1120. The molecule has 29 heavy (non-hydrogen) atoms. The Labute approximate surface area is 176 Å². The van der Waals surface area contributed by atoms with Gasteiger partial charge in [0.25, 0.3) is 0 Å². The minimum absolute atomic E-state index is 0. The summed E-state index contributed by atoms with van der Waals surface area (Å²) in [7, 11) is -3.52. The van der Waals surface area contributed by atoms with Gasteiger partial charge in [0.05, 0.1) is 11.4 Å². The molecule has 154 valence electrons. The fourth-order valence-corrected chi connectivity index (χ4v) is 6.01. The molecule has 1 N–H and O–H groups in total. The first kappa shape index (κ1) is 20.3. The highest BCUT2D eigenvalue weighted by atomic mass is 35.5. The number of halogens is 1. The zero-order valence-corrected chi connectivity index (χ0v) is 17.6. The zero-order valence-electron chi connectivity index (χ0n) is 16.0. The van der Waals surface area contributed by atoms with Gasteiger partial charge in [-0.15, -0.1) is 22.6 Å². The second-order valence-corrected chi connectivity index (χ2v) is 9.36. The first-order valence-corrected chi connectivity index (χ1v) is 11.2. The van der Waals surface area contributed by atoms with E-state index < -0.39 is 10.0 Å². The third-order valence-corrected chi connectivity index (χ3v) is 7.79. The first-order valence-electron chi connectivity index (χ1n) is 9.75. The maximum absolute atomic E-state index is 13.3. The van der Waals surface area contributed by atoms with Gasteiger partial charge in [0.2, 0.25) is 10.0 Å². The first-order chi connectivity index (χ1) is 13.6. The molecule has 2 aliphatic heterocycles. The number of sulfonamides is 1. The van der Waals surface area contributed by atoms with E-state index >= 15 is 0 Å². The minimum atomic E-state index is -3.52. The molecule has 0 radical (unpaired) electrons. The molecule has 0 atom stereocenters. The third-order valence-electron chi connectivity index (χ3n) is 5.84. The Morgan fingerprint density at radius 2 is 1.72 bits per heavy atom. The highest BCUT2D eigenvalue weighted by Crippen LogP contribution is 2.32. The van der Waals surface area contributed by atoms with Gasteiger partial charge in [-0.25, -0.2) is 8.42 Å². The number of benzene rings is 2. The van der Waals surface area contributed by atoms with Crippen molar-refractivity contribution in [2.75, 3.05) is 19.6 Å². The summed E-state index contributed by atoms with van der Waals surface area (Å²) in [5, 5.41) is 13.7. The lowest BCUT2D eigenvalue weighted by Gasteiger charge is -2.31. The normalized spacial score (nSPS) is 18.3. The number of fused-ring (bicyclic) bond motifs is 2. The number of piperidine rings is 1. The lowest BCUT2D eigenvalue weighted by molar-refractivity contribution is 0.307. The average Bonchev–Trinajstić information content (AvgIpc) is 3.17. The number of nitrogens with zero attached hydrogens (tertiary/aromatic N) is 4. The van der Waals surface area contributed by atoms with Gasteiger partial charge >= 0.3 is 0 Å². The summed E-state index contributed by atoms with van der Waals surface area (Å²) in [6.07, 6.45) is 1.55. The highest BCUT2D eigenvalue weighted by molar-refractivity contribution is 7.89. The topological polar surface area (TPSA) is 80.1 Å². The number of nitrogens with one attached hydrogen (secondary N) is 1. The van der Waals surface area contributed by atoms with Crippen molar-refractivity contribution < 1.29 is 8.42 Å². The van der Waals surface area contributed by atoms with E-state index in [0.29, 0.717) is 18.0 Å². The van der Waals surface area contributed by atoms with Crippen LogP contribution in [-0.4, -0.2) is 47.1 Å². The summed E-state index contributed by atoms with van der Waals surface area (Å²) in [5.74, 6) is 2.25. The molecule has 3 heterocycles. The van der Waals surface area contributed by atoms with E-state index in [2.05, 4.69) is 20.1 Å². The van der Waals surface area contributed by atoms with Crippen LogP contribution in [-0.2, 0) is 23.1 Å². The fourth-order valence-electron chi connectivity index (χ4n) is 4.33. The molecule has 9 heteroatoms. The van der Waals surface area contributed by atoms with Crippen molar-refractivity contribution in [3.8, 4) is 0 Å². The standard InChI is InChI=1S/C20H23N5O2S.ClH/c26-28(27,18-7-3-5-15-4-1-2-6-17(15)18)24-11-8-16(9-12-24)20-23-22-19-14-21-10-13-25(19)20;/h1-7,16,21H,8-14H2;1H. The van der Waals surface area contributed by atoms with E-state index in [1.807, 2.05) is 36.4 Å². The van der Waals surface area contributed by atoms with E-state index in [0.717, 1.165) is 54.9 Å². The average molecular weight is 434 g/mol. The highest BCUT2D eigenvalue weighted by Gasteiger charge is 2.33. The van der Waals surface area contributed by atoms with Crippen molar-refractivity contribution >= 4 is 33.2 Å². The summed E-state index contributed by atoms with van der Waals surface area (Å²) >= 11 is 0. The van der Waals surface area contributed by atoms with Crippen LogP contribution in [0.1, 0.15) is 30.4 Å². The molecule has 0 saturated carbocycles. The molecule has 0 bridgehead atoms. The van der Waals surface area contributed by atoms with E-state index in [1.165, 1.54) is 0 Å². The van der Waals surface area contributed by atoms with Crippen LogP contribution in [0.2, 0.25) is 0 Å². The molecule has 1 fully saturated rings. The molecule has 2 aliphatic rings. The van der Waals surface area contributed by atoms with Crippen molar-refractivity contribution in [2.24, 2.45) is 0 Å². The summed E-state index contributed by atoms with van der Waals surface area (Å²) in [6.45, 7) is 3.58. The Kier molecular flexibility index (Phi) is 5.61. The molecule has 0 aliphatic carbocycles. The second-order valence-electron chi connectivity index (χ2n) is 7.46. The lowest BCUT2D eigenvalue weighted by Crippen LogP contribution is -2.39. The van der Waals surface area contributed by atoms with Gasteiger partial charge in [-0.2, -0.15) is 4.31 Å². The Balaban J connectivity index is 0.00000205. The van der Waals surface area contributed by atoms with Gasteiger partial charge in [-0.1, -0.05) is 36.4 Å². The maximum Gasteiger partial charge on any atom is 0.243 e. The molecule has 5 rings (SSSR count). The predicted molar refractivity (Wildman–Crippen MR) is 114 cm³/mol. The third kappa shape index (κ3) is 3.54. The molecule has 2 aromatic carbocycles. The SMILES string of the molecule is Cl.O=S(=O)(c1cccc2ccccc12)N1CCC(c2nnc3n2CCNC3)CC1. The number of hydrogen-bond donors (Lipinski definition) is 1. The van der Waals surface area contributed by atoms with Crippen molar-refractivity contribution in [1.82, 2.24) is 24.4 Å². The van der Waals surface area contributed by atoms with Crippen LogP contribution in [0.5, 0.6) is 0 Å². The summed E-state index contributed by atoms with van der Waals surface area (Å²) in [4.78, 5) is 0.398. The van der Waals surface area contributed by atoms with Gasteiger partial charge in [0.15, 0.2) is 0 Å². The van der Waals surface area contributed by atoms with Gasteiger partial charge in [-0.05, 0) is 24.3 Å². The van der Waals surface area contributed by atoms with Crippen molar-refractivity contribution in [3.05, 3.63) is 54.1 Å². The zero-order chi connectivity index (χ0) is 19.1. The monoisotopic (exact) mass is 433 g/mol. The van der Waals surface area contributed by atoms with Crippen molar-refractivity contribution in [2.45, 2.75) is 36.7 Å². The number of hydrogen-bond acceptors (Lipinski definition) is 5. The summed E-state index contributed by atoms with van der Waals surface area (Å²) in [6, 6.07) is 13.1. The van der Waals surface area contributed by atoms with Gasteiger partial charge in [0, 0.05) is 37.5 Å². The Morgan fingerprint density at radius 3 is 2.55 bits per heavy atom. The number of aromatic nitrogens is 3. The van der Waals surface area contributed by atoms with Crippen LogP contribution < -0.4 is 5.32 Å². The molecule has 0 unspecified atom stereocenters. The fraction of sp³-hybridized carbons (Fsp3) is 0.400. The smallest absolute Gasteiger partial charge is 0.243 e. The van der Waals surface area contributed by atoms with Crippen molar-refractivity contribution in [3.63, 3.8) is 0 Å². The molecule has 7 nitrogen and oxygen atoms in total. The Morgan fingerprint density at radius 1 is 0.966 bits per heavy atom. The molecule has 1 saturated heterocycles. The number of rotatable bonds is 3. The minimum Gasteiger partial charge on any atom is -0.312 e. The van der Waals surface area contributed by atoms with E-state index in [1.54, 1.807) is 10.4 Å². The van der Waals surface area contributed by atoms with Crippen molar-refractivity contribution in [1.29, 1.82) is 0 Å². The molecule has 3 aromatic rings. The van der Waals surface area contributed by atoms with Crippen LogP contribution in [0.3, 0.4) is 0 Å². The van der Waals surface area contributed by atoms with Gasteiger partial charge < -0.3 is 9.88 Å². The quantitative estimate of drug-likeness (QED) is 0.686. The summed E-state index contributed by atoms with van der Waals surface area (Å²) in [5.41, 5.74) is 0. The van der Waals surface area contributed by atoms with Crippen LogP contribution in [0.15, 0.2) is 47.4 Å². The van der Waals surface area contributed by atoms with Crippen LogP contribution in [0, 0.1) is 0 Å². The van der Waals surface area contributed by atoms with E-state index in [4.69, 9.17) is 0 Å². The van der Waals surface area contributed by atoms with E-state index in [9.17, 15) is 8.42 Å². The lowest BCUT2D eigenvalue weighted by atomic mass is 9.97. The maximum atomic E-state index is 13.3. The molecular weight excluding hydrogens is 410 g/mol. The van der Waals surface area contributed by atoms with Gasteiger partial charge in [-0.3, -0.25) is 0 Å². The molecule has 1 aromatic heterocycles. The largest absolute Gasteiger partial charge is 0.312 e. The van der Waals surface area contributed by atoms with Crippen LogP contribution >= 0.6 is 12.4 Å². The second kappa shape index (κ2) is 8.02.